The second-order valence-electron chi connectivity index (χ2n) is 7.26. The molecule has 8 heteroatoms. The van der Waals surface area contributed by atoms with E-state index >= 15 is 0 Å². The number of ether oxygens (including phenoxy) is 4. The van der Waals surface area contributed by atoms with Gasteiger partial charge < -0.3 is 34.3 Å². The number of benzene rings is 1. The van der Waals surface area contributed by atoms with Crippen LogP contribution in [-0.2, 0) is 9.47 Å². The highest BCUT2D eigenvalue weighted by Crippen LogP contribution is 2.26. The highest BCUT2D eigenvalue weighted by molar-refractivity contribution is 5.80. The van der Waals surface area contributed by atoms with Gasteiger partial charge in [0, 0.05) is 46.0 Å². The van der Waals surface area contributed by atoms with Crippen molar-refractivity contribution < 1.29 is 24.1 Å². The third-order valence-electron chi connectivity index (χ3n) is 5.10. The summed E-state index contributed by atoms with van der Waals surface area (Å²) in [6, 6.07) is 5.40. The van der Waals surface area contributed by atoms with E-state index in [1.165, 1.54) is 0 Å². The molecule has 0 amide bonds. The Hall–Kier alpha value is -2.03. The van der Waals surface area contributed by atoms with E-state index < -0.39 is 6.10 Å². The lowest BCUT2D eigenvalue weighted by atomic mass is 10.1. The van der Waals surface area contributed by atoms with Gasteiger partial charge in [0.2, 0.25) is 0 Å². The zero-order chi connectivity index (χ0) is 21.8. The molecule has 8 nitrogen and oxygen atoms in total. The number of nitrogens with zero attached hydrogens (tertiary/aromatic N) is 2. The summed E-state index contributed by atoms with van der Waals surface area (Å²) >= 11 is 0. The van der Waals surface area contributed by atoms with E-state index in [-0.39, 0.29) is 12.6 Å². The maximum Gasteiger partial charge on any atom is 0.194 e. The van der Waals surface area contributed by atoms with Crippen LogP contribution < -0.4 is 14.8 Å². The first-order valence-electron chi connectivity index (χ1n) is 10.7. The van der Waals surface area contributed by atoms with Crippen molar-refractivity contribution in [2.24, 2.45) is 4.99 Å². The van der Waals surface area contributed by atoms with Crippen molar-refractivity contribution in [2.75, 3.05) is 60.7 Å². The van der Waals surface area contributed by atoms with Crippen molar-refractivity contribution in [1.29, 1.82) is 0 Å². The minimum Gasteiger partial charge on any atom is -0.497 e. The fourth-order valence-electron chi connectivity index (χ4n) is 3.41. The Bertz CT molecular complexity index is 625. The largest absolute Gasteiger partial charge is 0.497 e. The number of likely N-dealkylation sites (tertiary alicyclic amines) is 1. The van der Waals surface area contributed by atoms with Gasteiger partial charge in [0.1, 0.15) is 11.5 Å². The number of hydrogen-bond acceptors (Lipinski definition) is 6. The number of guanidine groups is 1. The molecule has 1 aliphatic rings. The molecule has 1 aromatic carbocycles. The molecular weight excluding hydrogens is 386 g/mol. The number of aliphatic hydroxyl groups is 1. The molecule has 170 valence electrons. The summed E-state index contributed by atoms with van der Waals surface area (Å²) < 4.78 is 21.6. The molecule has 30 heavy (non-hydrogen) atoms. The molecule has 0 radical (unpaired) electrons. The first-order valence-corrected chi connectivity index (χ1v) is 10.7. The Morgan fingerprint density at radius 1 is 1.13 bits per heavy atom. The van der Waals surface area contributed by atoms with Crippen LogP contribution in [-0.4, -0.2) is 82.8 Å². The van der Waals surface area contributed by atoms with Crippen molar-refractivity contribution in [3.8, 4) is 11.5 Å². The summed E-state index contributed by atoms with van der Waals surface area (Å²) in [4.78, 5) is 6.91. The molecule has 1 fully saturated rings. The van der Waals surface area contributed by atoms with Gasteiger partial charge in [0.15, 0.2) is 5.96 Å². The summed E-state index contributed by atoms with van der Waals surface area (Å²) in [5.41, 5.74) is 0.717. The summed E-state index contributed by atoms with van der Waals surface area (Å²) in [7, 11) is 4.90. The molecule has 0 aromatic heterocycles. The van der Waals surface area contributed by atoms with Gasteiger partial charge in [0.25, 0.3) is 0 Å². The molecule has 2 N–H and O–H groups in total. The first kappa shape index (κ1) is 24.2. The molecule has 1 saturated heterocycles. The minimum absolute atomic E-state index is 0.256. The highest BCUT2D eigenvalue weighted by Gasteiger charge is 2.22. The predicted molar refractivity (Wildman–Crippen MR) is 118 cm³/mol. The molecule has 0 aliphatic carbocycles. The average molecular weight is 424 g/mol. The summed E-state index contributed by atoms with van der Waals surface area (Å²) in [6.45, 7) is 6.31. The second kappa shape index (κ2) is 13.3. The van der Waals surface area contributed by atoms with Gasteiger partial charge >= 0.3 is 0 Å². The number of methoxy groups -OCH3 is 3. The van der Waals surface area contributed by atoms with E-state index in [2.05, 4.69) is 15.2 Å². The number of hydrogen-bond donors (Lipinski definition) is 2. The second-order valence-corrected chi connectivity index (χ2v) is 7.26. The zero-order valence-corrected chi connectivity index (χ0v) is 18.7. The molecule has 1 aliphatic heterocycles. The van der Waals surface area contributed by atoms with Gasteiger partial charge in [-0.3, -0.25) is 4.99 Å². The molecule has 1 heterocycles. The van der Waals surface area contributed by atoms with Gasteiger partial charge in [-0.1, -0.05) is 0 Å². The SMILES string of the molecule is CCNC(=NCC(O)c1cc(OC)cc(OC)c1)N1CCC(OCCCOC)CC1. The Kier molecular flexibility index (Phi) is 10.8. The summed E-state index contributed by atoms with van der Waals surface area (Å²) in [5, 5.41) is 14.0. The maximum absolute atomic E-state index is 10.7. The Balaban J connectivity index is 1.93. The molecular formula is C22H37N3O5. The molecule has 0 bridgehead atoms. The van der Waals surface area contributed by atoms with Crippen molar-refractivity contribution in [3.63, 3.8) is 0 Å². The lowest BCUT2D eigenvalue weighted by molar-refractivity contribution is 0.00986. The molecule has 0 saturated carbocycles. The van der Waals surface area contributed by atoms with Crippen LogP contribution in [0.5, 0.6) is 11.5 Å². The predicted octanol–water partition coefficient (Wildman–Crippen LogP) is 2.22. The topological polar surface area (TPSA) is 84.8 Å². The normalized spacial score (nSPS) is 16.4. The number of rotatable bonds is 11. The number of aliphatic imine (C=N–C) groups is 1. The van der Waals surface area contributed by atoms with Gasteiger partial charge in [-0.15, -0.1) is 0 Å². The van der Waals surface area contributed by atoms with Gasteiger partial charge in [-0.2, -0.15) is 0 Å². The monoisotopic (exact) mass is 423 g/mol. The van der Waals surface area contributed by atoms with Gasteiger partial charge in [-0.05, 0) is 43.9 Å². The number of piperidine rings is 1. The first-order chi connectivity index (χ1) is 14.6. The van der Waals surface area contributed by atoms with E-state index in [0.29, 0.717) is 17.1 Å². The van der Waals surface area contributed by atoms with Gasteiger partial charge in [0.05, 0.1) is 33.0 Å². The fraction of sp³-hybridized carbons (Fsp3) is 0.682. The minimum atomic E-state index is -0.746. The van der Waals surface area contributed by atoms with Crippen LogP contribution in [0, 0.1) is 0 Å². The molecule has 1 unspecified atom stereocenters. The zero-order valence-electron chi connectivity index (χ0n) is 18.7. The third kappa shape index (κ3) is 7.66. The van der Waals surface area contributed by atoms with Crippen molar-refractivity contribution in [2.45, 2.75) is 38.4 Å². The summed E-state index contributed by atoms with van der Waals surface area (Å²) in [5.74, 6) is 2.11. The van der Waals surface area contributed by atoms with Crippen molar-refractivity contribution >= 4 is 5.96 Å². The number of aliphatic hydroxyl groups excluding tert-OH is 1. The standard InChI is InChI=1S/C22H37N3O5/c1-5-23-22(25-9-7-18(8-10-25)30-12-6-11-27-2)24-16-21(26)17-13-19(28-3)15-20(14-17)29-4/h13-15,18,21,26H,5-12,16H2,1-4H3,(H,23,24). The van der Waals surface area contributed by atoms with E-state index in [4.69, 9.17) is 18.9 Å². The van der Waals surface area contributed by atoms with E-state index in [9.17, 15) is 5.11 Å². The molecule has 1 aromatic rings. The van der Waals surface area contributed by atoms with Crippen molar-refractivity contribution in [3.05, 3.63) is 23.8 Å². The van der Waals surface area contributed by atoms with Crippen LogP contribution in [0.2, 0.25) is 0 Å². The molecule has 2 rings (SSSR count). The Morgan fingerprint density at radius 2 is 1.80 bits per heavy atom. The smallest absolute Gasteiger partial charge is 0.194 e. The van der Waals surface area contributed by atoms with E-state index in [1.807, 2.05) is 19.1 Å². The van der Waals surface area contributed by atoms with Gasteiger partial charge in [-0.25, -0.2) is 0 Å². The number of nitrogens with one attached hydrogen (secondary N) is 1. The van der Waals surface area contributed by atoms with Crippen LogP contribution >= 0.6 is 0 Å². The maximum atomic E-state index is 10.7. The highest BCUT2D eigenvalue weighted by atomic mass is 16.5. The Morgan fingerprint density at radius 3 is 2.37 bits per heavy atom. The lowest BCUT2D eigenvalue weighted by Gasteiger charge is -2.34. The summed E-state index contributed by atoms with van der Waals surface area (Å²) in [6.07, 6.45) is 2.40. The lowest BCUT2D eigenvalue weighted by Crippen LogP contribution is -2.47. The molecule has 1 atom stereocenters. The third-order valence-corrected chi connectivity index (χ3v) is 5.10. The molecule has 0 spiro atoms. The van der Waals surface area contributed by atoms with Crippen LogP contribution in [0.4, 0.5) is 0 Å². The van der Waals surface area contributed by atoms with E-state index in [0.717, 1.165) is 58.1 Å². The van der Waals surface area contributed by atoms with Crippen LogP contribution in [0.3, 0.4) is 0 Å². The Labute approximate surface area is 180 Å². The van der Waals surface area contributed by atoms with Crippen molar-refractivity contribution in [1.82, 2.24) is 10.2 Å². The fourth-order valence-corrected chi connectivity index (χ4v) is 3.41. The van der Waals surface area contributed by atoms with Crippen LogP contribution in [0.25, 0.3) is 0 Å². The van der Waals surface area contributed by atoms with Crippen LogP contribution in [0.15, 0.2) is 23.2 Å². The van der Waals surface area contributed by atoms with E-state index in [1.54, 1.807) is 27.4 Å². The quantitative estimate of drug-likeness (QED) is 0.321. The van der Waals surface area contributed by atoms with Crippen LogP contribution in [0.1, 0.15) is 37.9 Å². The average Bonchev–Trinajstić information content (AvgIpc) is 2.79.